The molecule has 1 aromatic carbocycles. The van der Waals surface area contributed by atoms with Crippen LogP contribution in [-0.4, -0.2) is 35.2 Å². The SMILES string of the molecule is CN(C)Cc1cc(F)c(O)c(C(C)(C)CC(=O)O)c1. The number of nitrogens with zero attached hydrogens (tertiary/aromatic N) is 1. The van der Waals surface area contributed by atoms with E-state index in [2.05, 4.69) is 0 Å². The zero-order valence-electron chi connectivity index (χ0n) is 11.7. The minimum Gasteiger partial charge on any atom is -0.505 e. The molecule has 2 N–H and O–H groups in total. The summed E-state index contributed by atoms with van der Waals surface area (Å²) in [6, 6.07) is 2.94. The van der Waals surface area contributed by atoms with Gasteiger partial charge in [-0.05, 0) is 25.7 Å². The third-order valence-corrected chi connectivity index (χ3v) is 2.94. The highest BCUT2D eigenvalue weighted by Crippen LogP contribution is 2.36. The second-order valence-corrected chi connectivity index (χ2v) is 5.67. The van der Waals surface area contributed by atoms with Crippen LogP contribution in [-0.2, 0) is 16.8 Å². The minimum atomic E-state index is -0.983. The van der Waals surface area contributed by atoms with Crippen LogP contribution < -0.4 is 0 Å². The van der Waals surface area contributed by atoms with Crippen LogP contribution in [0.4, 0.5) is 4.39 Å². The fraction of sp³-hybridized carbons (Fsp3) is 0.500. The molecule has 0 aliphatic carbocycles. The third-order valence-electron chi connectivity index (χ3n) is 2.94. The number of rotatable bonds is 5. The molecule has 0 atom stereocenters. The number of carboxylic acids is 1. The molecule has 0 unspecified atom stereocenters. The standard InChI is InChI=1S/C14H20FNO3/c1-14(2,7-12(17)18)10-5-9(8-16(3)4)6-11(15)13(10)19/h5-6,19H,7-8H2,1-4H3,(H,17,18). The molecular formula is C14H20FNO3. The summed E-state index contributed by atoms with van der Waals surface area (Å²) < 4.78 is 13.7. The molecule has 106 valence electrons. The van der Waals surface area contributed by atoms with Gasteiger partial charge >= 0.3 is 5.97 Å². The van der Waals surface area contributed by atoms with Crippen LogP contribution in [0.1, 0.15) is 31.4 Å². The van der Waals surface area contributed by atoms with E-state index in [-0.39, 0.29) is 6.42 Å². The van der Waals surface area contributed by atoms with Crippen LogP contribution in [0.15, 0.2) is 12.1 Å². The van der Waals surface area contributed by atoms with Crippen molar-refractivity contribution in [1.82, 2.24) is 4.90 Å². The molecule has 0 saturated heterocycles. The molecule has 19 heavy (non-hydrogen) atoms. The third kappa shape index (κ3) is 3.92. The summed E-state index contributed by atoms with van der Waals surface area (Å²) in [7, 11) is 3.71. The summed E-state index contributed by atoms with van der Waals surface area (Å²) in [6.45, 7) is 3.87. The minimum absolute atomic E-state index is 0.175. The summed E-state index contributed by atoms with van der Waals surface area (Å²) in [5, 5.41) is 18.7. The van der Waals surface area contributed by atoms with Gasteiger partial charge < -0.3 is 15.1 Å². The van der Waals surface area contributed by atoms with Crippen molar-refractivity contribution >= 4 is 5.97 Å². The van der Waals surface area contributed by atoms with Crippen LogP contribution in [0.25, 0.3) is 0 Å². The summed E-state index contributed by atoms with van der Waals surface area (Å²) in [4.78, 5) is 12.7. The van der Waals surface area contributed by atoms with E-state index < -0.39 is 23.0 Å². The van der Waals surface area contributed by atoms with Gasteiger partial charge in [0.1, 0.15) is 0 Å². The normalized spacial score (nSPS) is 11.9. The maximum absolute atomic E-state index is 13.7. The number of phenols is 1. The monoisotopic (exact) mass is 269 g/mol. The highest BCUT2D eigenvalue weighted by Gasteiger charge is 2.29. The van der Waals surface area contributed by atoms with Crippen molar-refractivity contribution in [3.8, 4) is 5.75 Å². The Morgan fingerprint density at radius 3 is 2.42 bits per heavy atom. The smallest absolute Gasteiger partial charge is 0.304 e. The average molecular weight is 269 g/mol. The molecular weight excluding hydrogens is 249 g/mol. The topological polar surface area (TPSA) is 60.8 Å². The lowest BCUT2D eigenvalue weighted by atomic mass is 9.80. The van der Waals surface area contributed by atoms with Crippen molar-refractivity contribution in [2.75, 3.05) is 14.1 Å². The van der Waals surface area contributed by atoms with Gasteiger partial charge in [0, 0.05) is 17.5 Å². The molecule has 0 aliphatic heterocycles. The van der Waals surface area contributed by atoms with Crippen molar-refractivity contribution in [3.63, 3.8) is 0 Å². The number of phenolic OH excluding ortho intramolecular Hbond substituents is 1. The molecule has 0 saturated carbocycles. The van der Waals surface area contributed by atoms with E-state index in [1.807, 2.05) is 19.0 Å². The lowest BCUT2D eigenvalue weighted by molar-refractivity contribution is -0.138. The molecule has 5 heteroatoms. The Hall–Kier alpha value is -1.62. The van der Waals surface area contributed by atoms with E-state index in [0.717, 1.165) is 0 Å². The van der Waals surface area contributed by atoms with Crippen molar-refractivity contribution in [3.05, 3.63) is 29.1 Å². The van der Waals surface area contributed by atoms with Gasteiger partial charge in [-0.3, -0.25) is 4.79 Å². The largest absolute Gasteiger partial charge is 0.505 e. The number of hydrogen-bond donors (Lipinski definition) is 2. The number of aromatic hydroxyl groups is 1. The molecule has 0 aromatic heterocycles. The van der Waals surface area contributed by atoms with Gasteiger partial charge in [0.2, 0.25) is 0 Å². The number of hydrogen-bond acceptors (Lipinski definition) is 3. The van der Waals surface area contributed by atoms with E-state index in [4.69, 9.17) is 5.11 Å². The first kappa shape index (κ1) is 15.4. The molecule has 1 aromatic rings. The maximum Gasteiger partial charge on any atom is 0.304 e. The van der Waals surface area contributed by atoms with E-state index in [9.17, 15) is 14.3 Å². The van der Waals surface area contributed by atoms with Gasteiger partial charge in [0.05, 0.1) is 6.42 Å². The first-order chi connectivity index (χ1) is 8.63. The molecule has 1 rings (SSSR count). The Bertz CT molecular complexity index is 484. The van der Waals surface area contributed by atoms with Crippen LogP contribution in [0, 0.1) is 5.82 Å². The van der Waals surface area contributed by atoms with E-state index >= 15 is 0 Å². The lowest BCUT2D eigenvalue weighted by Crippen LogP contribution is -2.23. The van der Waals surface area contributed by atoms with Crippen molar-refractivity contribution in [1.29, 1.82) is 0 Å². The van der Waals surface area contributed by atoms with Crippen molar-refractivity contribution in [2.24, 2.45) is 0 Å². The van der Waals surface area contributed by atoms with Gasteiger partial charge in [0.15, 0.2) is 11.6 Å². The van der Waals surface area contributed by atoms with Crippen LogP contribution >= 0.6 is 0 Å². The highest BCUT2D eigenvalue weighted by molar-refractivity contribution is 5.69. The zero-order chi connectivity index (χ0) is 14.8. The van der Waals surface area contributed by atoms with Crippen LogP contribution in [0.2, 0.25) is 0 Å². The Morgan fingerprint density at radius 2 is 1.95 bits per heavy atom. The molecule has 0 amide bonds. The Balaban J connectivity index is 3.25. The Labute approximate surface area is 112 Å². The number of carbonyl (C=O) groups is 1. The summed E-state index contributed by atoms with van der Waals surface area (Å²) in [5.41, 5.74) is 0.194. The molecule has 4 nitrogen and oxygen atoms in total. The van der Waals surface area contributed by atoms with Gasteiger partial charge in [-0.1, -0.05) is 19.9 Å². The fourth-order valence-corrected chi connectivity index (χ4v) is 2.10. The quantitative estimate of drug-likeness (QED) is 0.861. The van der Waals surface area contributed by atoms with Crippen LogP contribution in [0.3, 0.4) is 0 Å². The molecule has 0 spiro atoms. The van der Waals surface area contributed by atoms with E-state index in [0.29, 0.717) is 17.7 Å². The number of aliphatic carboxylic acids is 1. The first-order valence-electron chi connectivity index (χ1n) is 6.02. The number of benzene rings is 1. The molecule has 0 bridgehead atoms. The average Bonchev–Trinajstić information content (AvgIpc) is 2.20. The number of carboxylic acid groups (broad SMARTS) is 1. The van der Waals surface area contributed by atoms with E-state index in [1.165, 1.54) is 6.07 Å². The van der Waals surface area contributed by atoms with Gasteiger partial charge in [-0.15, -0.1) is 0 Å². The second kappa shape index (κ2) is 5.57. The van der Waals surface area contributed by atoms with Gasteiger partial charge in [0.25, 0.3) is 0 Å². The zero-order valence-corrected chi connectivity index (χ0v) is 11.7. The summed E-state index contributed by atoms with van der Waals surface area (Å²) in [6.07, 6.45) is -0.175. The van der Waals surface area contributed by atoms with Gasteiger partial charge in [-0.25, -0.2) is 4.39 Å². The summed E-state index contributed by atoms with van der Waals surface area (Å²) in [5.74, 6) is -2.16. The second-order valence-electron chi connectivity index (χ2n) is 5.67. The molecule has 0 radical (unpaired) electrons. The summed E-state index contributed by atoms with van der Waals surface area (Å²) >= 11 is 0. The first-order valence-corrected chi connectivity index (χ1v) is 6.02. The number of halogens is 1. The van der Waals surface area contributed by atoms with Crippen molar-refractivity contribution in [2.45, 2.75) is 32.2 Å². The predicted molar refractivity (Wildman–Crippen MR) is 70.7 cm³/mol. The van der Waals surface area contributed by atoms with Crippen LogP contribution in [0.5, 0.6) is 5.75 Å². The molecule has 0 fully saturated rings. The predicted octanol–water partition coefficient (Wildman–Crippen LogP) is 2.35. The highest BCUT2D eigenvalue weighted by atomic mass is 19.1. The van der Waals surface area contributed by atoms with E-state index in [1.54, 1.807) is 19.9 Å². The molecule has 0 aliphatic rings. The Kier molecular flexibility index (Phi) is 4.52. The van der Waals surface area contributed by atoms with Gasteiger partial charge in [-0.2, -0.15) is 0 Å². The fourth-order valence-electron chi connectivity index (χ4n) is 2.10. The molecule has 0 heterocycles. The lowest BCUT2D eigenvalue weighted by Gasteiger charge is -2.25. The Morgan fingerprint density at radius 1 is 1.37 bits per heavy atom. The maximum atomic E-state index is 13.7. The van der Waals surface area contributed by atoms with Crippen molar-refractivity contribution < 1.29 is 19.4 Å².